The molecule has 0 bridgehead atoms. The van der Waals surface area contributed by atoms with Crippen molar-refractivity contribution >= 4 is 50.1 Å². The smallest absolute Gasteiger partial charge is 0.296 e. The van der Waals surface area contributed by atoms with E-state index in [9.17, 15) is 8.76 Å². The van der Waals surface area contributed by atoms with Crippen LogP contribution in [0.25, 0.3) is 16.9 Å². The van der Waals surface area contributed by atoms with E-state index in [1.165, 1.54) is 23.3 Å². The molecule has 0 spiro atoms. The fraction of sp³-hybridized carbons (Fsp3) is 0.107. The first kappa shape index (κ1) is 25.3. The average molecular weight is 550 g/mol. The molecule has 0 aliphatic heterocycles. The first-order chi connectivity index (χ1) is 17.9. The standard InChI is InChI=1S/C28H22Cl2N4O2S/c29-22-13-14-23(30)26(19-22)37(35,36)33-27-28(32-25-12-5-4-11-24(25)31-27)34-17-15-21(16-18-34)10-6-9-20-7-2-1-3-8-20/h1-5,7-8,11-19H,6,9-10H2/p+1. The topological polar surface area (TPSA) is 79.3 Å². The number of para-hydroxylation sites is 2. The first-order valence-corrected chi connectivity index (χ1v) is 13.9. The second-order valence-corrected chi connectivity index (χ2v) is 10.9. The van der Waals surface area contributed by atoms with E-state index in [4.69, 9.17) is 28.2 Å². The second kappa shape index (κ2) is 10.9. The monoisotopic (exact) mass is 549 g/mol. The van der Waals surface area contributed by atoms with E-state index in [0.29, 0.717) is 16.9 Å². The Morgan fingerprint density at radius 1 is 0.811 bits per heavy atom. The maximum Gasteiger partial charge on any atom is 0.374 e. The van der Waals surface area contributed by atoms with Crippen molar-refractivity contribution in [1.29, 1.82) is 0 Å². The summed E-state index contributed by atoms with van der Waals surface area (Å²) in [5.74, 6) is 0.346. The van der Waals surface area contributed by atoms with Gasteiger partial charge in [-0.25, -0.2) is 9.19 Å². The predicted octanol–water partition coefficient (Wildman–Crippen LogP) is 7.02. The number of nitrogens with zero attached hydrogens (tertiary/aromatic N) is 4. The Bertz CT molecular complexity index is 1690. The van der Waals surface area contributed by atoms with Crippen molar-refractivity contribution in [2.45, 2.75) is 24.2 Å². The lowest BCUT2D eigenvalue weighted by atomic mass is 10.1. The van der Waals surface area contributed by atoms with Crippen LogP contribution in [0, 0.1) is 0 Å². The van der Waals surface area contributed by atoms with Gasteiger partial charge in [0.05, 0.1) is 22.3 Å². The van der Waals surface area contributed by atoms with Gasteiger partial charge in [0.1, 0.15) is 5.52 Å². The fourth-order valence-electron chi connectivity index (χ4n) is 3.97. The van der Waals surface area contributed by atoms with E-state index >= 15 is 0 Å². The van der Waals surface area contributed by atoms with E-state index < -0.39 is 10.0 Å². The van der Waals surface area contributed by atoms with Gasteiger partial charge in [0.25, 0.3) is 5.82 Å². The highest BCUT2D eigenvalue weighted by Crippen LogP contribution is 2.29. The number of rotatable bonds is 7. The van der Waals surface area contributed by atoms with Crippen LogP contribution in [0.4, 0.5) is 5.82 Å². The summed E-state index contributed by atoms with van der Waals surface area (Å²) in [6.45, 7) is 0. The molecule has 0 aliphatic carbocycles. The molecule has 1 atom stereocenters. The molecule has 2 heterocycles. The molecule has 0 amide bonds. The van der Waals surface area contributed by atoms with Crippen LogP contribution < -0.4 is 4.57 Å². The number of hydrogen-bond donors (Lipinski definition) is 1. The van der Waals surface area contributed by atoms with Gasteiger partial charge in [0, 0.05) is 5.02 Å². The van der Waals surface area contributed by atoms with Crippen molar-refractivity contribution in [1.82, 2.24) is 9.97 Å². The van der Waals surface area contributed by atoms with E-state index in [2.05, 4.69) is 33.6 Å². The van der Waals surface area contributed by atoms with Gasteiger partial charge < -0.3 is 0 Å². The van der Waals surface area contributed by atoms with Crippen molar-refractivity contribution < 1.29 is 13.3 Å². The van der Waals surface area contributed by atoms with Crippen molar-refractivity contribution in [3.05, 3.63) is 118 Å². The molecule has 2 aromatic heterocycles. The zero-order valence-electron chi connectivity index (χ0n) is 19.7. The number of aromatic nitrogens is 3. The molecule has 5 rings (SSSR count). The van der Waals surface area contributed by atoms with Gasteiger partial charge in [-0.1, -0.05) is 65.7 Å². The summed E-state index contributed by atoms with van der Waals surface area (Å²) in [4.78, 5) is 9.18. The Hall–Kier alpha value is -3.36. The van der Waals surface area contributed by atoms with Crippen LogP contribution in [-0.2, 0) is 22.9 Å². The number of pyridine rings is 1. The number of benzene rings is 3. The second-order valence-electron chi connectivity index (χ2n) is 8.48. The molecule has 1 unspecified atom stereocenters. The molecule has 1 N–H and O–H groups in total. The first-order valence-electron chi connectivity index (χ1n) is 11.6. The lowest BCUT2D eigenvalue weighted by Crippen LogP contribution is -2.31. The largest absolute Gasteiger partial charge is 0.374 e. The van der Waals surface area contributed by atoms with E-state index in [1.807, 2.05) is 48.8 Å². The highest BCUT2D eigenvalue weighted by atomic mass is 35.5. The van der Waals surface area contributed by atoms with Gasteiger partial charge >= 0.3 is 5.82 Å². The third-order valence-electron chi connectivity index (χ3n) is 5.84. The average Bonchev–Trinajstić information content (AvgIpc) is 2.90. The predicted molar refractivity (Wildman–Crippen MR) is 147 cm³/mol. The summed E-state index contributed by atoms with van der Waals surface area (Å²) in [6.07, 6.45) is 6.68. The van der Waals surface area contributed by atoms with E-state index in [-0.39, 0.29) is 20.8 Å². The number of aryl methyl sites for hydroxylation is 2. The van der Waals surface area contributed by atoms with Crippen molar-refractivity contribution in [2.24, 2.45) is 4.36 Å². The van der Waals surface area contributed by atoms with Crippen LogP contribution in [0.2, 0.25) is 10.0 Å². The van der Waals surface area contributed by atoms with Crippen molar-refractivity contribution in [2.75, 3.05) is 0 Å². The van der Waals surface area contributed by atoms with Crippen LogP contribution in [0.3, 0.4) is 0 Å². The normalized spacial score (nSPS) is 12.8. The van der Waals surface area contributed by atoms with Crippen LogP contribution in [0.15, 0.2) is 107 Å². The van der Waals surface area contributed by atoms with Crippen LogP contribution >= 0.6 is 23.2 Å². The Morgan fingerprint density at radius 3 is 2.14 bits per heavy atom. The number of hydrogen-bond acceptors (Lipinski definition) is 4. The fourth-order valence-corrected chi connectivity index (χ4v) is 5.68. The summed E-state index contributed by atoms with van der Waals surface area (Å²) < 4.78 is 30.1. The van der Waals surface area contributed by atoms with Gasteiger partial charge in [-0.3, -0.25) is 4.55 Å². The summed E-state index contributed by atoms with van der Waals surface area (Å²) in [5.41, 5.74) is 3.69. The Kier molecular flexibility index (Phi) is 7.48. The molecule has 0 radical (unpaired) electrons. The van der Waals surface area contributed by atoms with Gasteiger partial charge in [-0.2, -0.15) is 4.57 Å². The summed E-state index contributed by atoms with van der Waals surface area (Å²) in [5, 5.41) is 0.363. The summed E-state index contributed by atoms with van der Waals surface area (Å²) >= 11 is 12.2. The molecule has 6 nitrogen and oxygen atoms in total. The van der Waals surface area contributed by atoms with E-state index in [0.717, 1.165) is 19.3 Å². The molecule has 0 saturated heterocycles. The lowest BCUT2D eigenvalue weighted by molar-refractivity contribution is -0.598. The zero-order chi connectivity index (χ0) is 25.8. The molecular formula is C28H23Cl2N4O2S+. The highest BCUT2D eigenvalue weighted by Gasteiger charge is 2.23. The maximum atomic E-state index is 13.3. The molecule has 9 heteroatoms. The molecule has 0 aliphatic rings. The minimum Gasteiger partial charge on any atom is -0.296 e. The Labute approximate surface area is 225 Å². The highest BCUT2D eigenvalue weighted by molar-refractivity contribution is 7.88. The molecular weight excluding hydrogens is 527 g/mol. The van der Waals surface area contributed by atoms with Gasteiger partial charge in [-0.05, 0) is 77.8 Å². The van der Waals surface area contributed by atoms with Gasteiger partial charge in [0.15, 0.2) is 10.0 Å². The van der Waals surface area contributed by atoms with E-state index in [1.54, 1.807) is 16.7 Å². The zero-order valence-corrected chi connectivity index (χ0v) is 22.0. The molecule has 186 valence electrons. The Morgan fingerprint density at radius 2 is 1.43 bits per heavy atom. The van der Waals surface area contributed by atoms with Crippen LogP contribution in [0.1, 0.15) is 17.5 Å². The minimum atomic E-state index is -3.97. The molecule has 3 aromatic carbocycles. The quantitative estimate of drug-likeness (QED) is 0.221. The third kappa shape index (κ3) is 5.97. The lowest BCUT2D eigenvalue weighted by Gasteiger charge is -2.07. The SMILES string of the molecule is O=S(O)(=Nc1nc2ccccc2nc1-[n+]1ccc(CCCc2ccccc2)cc1)c1cc(Cl)ccc1Cl. The summed E-state index contributed by atoms with van der Waals surface area (Å²) in [7, 11) is -3.97. The molecule has 0 saturated carbocycles. The molecule has 5 aromatic rings. The third-order valence-corrected chi connectivity index (χ3v) is 7.85. The molecule has 0 fully saturated rings. The van der Waals surface area contributed by atoms with Crippen LogP contribution in [0.5, 0.6) is 0 Å². The molecule has 37 heavy (non-hydrogen) atoms. The minimum absolute atomic E-state index is 0.0177. The summed E-state index contributed by atoms with van der Waals surface area (Å²) in [6, 6.07) is 26.1. The maximum absolute atomic E-state index is 13.3. The number of fused-ring (bicyclic) bond motifs is 1. The van der Waals surface area contributed by atoms with Crippen molar-refractivity contribution in [3.63, 3.8) is 0 Å². The van der Waals surface area contributed by atoms with Crippen molar-refractivity contribution in [3.8, 4) is 5.82 Å². The van der Waals surface area contributed by atoms with Crippen LogP contribution in [-0.4, -0.2) is 18.7 Å². The van der Waals surface area contributed by atoms with Gasteiger partial charge in [-0.15, -0.1) is 4.36 Å². The van der Waals surface area contributed by atoms with Gasteiger partial charge in [0.2, 0.25) is 5.52 Å². The Balaban J connectivity index is 1.50. The number of halogens is 2.